The summed E-state index contributed by atoms with van der Waals surface area (Å²) in [4.78, 5) is 4.10. The smallest absolute Gasteiger partial charge is 0.228 e. The number of hydrogen-bond acceptors (Lipinski definition) is 5. The van der Waals surface area contributed by atoms with Crippen molar-refractivity contribution in [2.45, 2.75) is 12.5 Å². The summed E-state index contributed by atoms with van der Waals surface area (Å²) in [5.41, 5.74) is 6.07. The van der Waals surface area contributed by atoms with Crippen molar-refractivity contribution in [2.24, 2.45) is 5.73 Å². The van der Waals surface area contributed by atoms with Crippen LogP contribution in [0, 0.1) is 11.6 Å². The lowest BCUT2D eigenvalue weighted by atomic mass is 10.2. The van der Waals surface area contributed by atoms with Gasteiger partial charge in [-0.15, -0.1) is 0 Å². The lowest BCUT2D eigenvalue weighted by molar-refractivity contribution is 0.176. The average Bonchev–Trinajstić information content (AvgIpc) is 2.84. The van der Waals surface area contributed by atoms with Crippen LogP contribution in [-0.4, -0.2) is 29.9 Å². The number of methoxy groups -OCH3 is 1. The van der Waals surface area contributed by atoms with Crippen LogP contribution in [0.15, 0.2) is 21.1 Å². The van der Waals surface area contributed by atoms with Crippen molar-refractivity contribution in [3.05, 3.63) is 34.1 Å². The fourth-order valence-electron chi connectivity index (χ4n) is 1.64. The molecule has 8 heteroatoms. The summed E-state index contributed by atoms with van der Waals surface area (Å²) in [6.07, 6.45) is 0.335. The van der Waals surface area contributed by atoms with Crippen LogP contribution >= 0.6 is 15.9 Å². The minimum Gasteiger partial charge on any atom is -0.383 e. The SMILES string of the molecule is COCC(N)Cc1nc(-c2ccc(F)c(F)c2Br)no1. The van der Waals surface area contributed by atoms with Gasteiger partial charge in [-0.25, -0.2) is 8.78 Å². The highest BCUT2D eigenvalue weighted by Gasteiger charge is 2.18. The number of nitrogens with zero attached hydrogens (tertiary/aromatic N) is 2. The molecule has 2 rings (SSSR count). The number of hydrogen-bond donors (Lipinski definition) is 1. The molecule has 1 aromatic carbocycles. The first-order valence-corrected chi connectivity index (χ1v) is 6.53. The summed E-state index contributed by atoms with van der Waals surface area (Å²) in [5.74, 6) is -1.48. The topological polar surface area (TPSA) is 74.2 Å². The largest absolute Gasteiger partial charge is 0.383 e. The van der Waals surface area contributed by atoms with Gasteiger partial charge in [0.05, 0.1) is 11.1 Å². The van der Waals surface area contributed by atoms with E-state index in [0.29, 0.717) is 24.5 Å². The van der Waals surface area contributed by atoms with Crippen LogP contribution in [0.2, 0.25) is 0 Å². The van der Waals surface area contributed by atoms with E-state index in [0.717, 1.165) is 6.07 Å². The van der Waals surface area contributed by atoms with Crippen LogP contribution < -0.4 is 5.73 Å². The van der Waals surface area contributed by atoms with Crippen LogP contribution in [0.5, 0.6) is 0 Å². The Hall–Kier alpha value is -1.38. The van der Waals surface area contributed by atoms with E-state index in [1.54, 1.807) is 0 Å². The fourth-order valence-corrected chi connectivity index (χ4v) is 2.14. The van der Waals surface area contributed by atoms with Crippen molar-refractivity contribution in [3.63, 3.8) is 0 Å². The van der Waals surface area contributed by atoms with E-state index in [2.05, 4.69) is 26.1 Å². The van der Waals surface area contributed by atoms with E-state index in [-0.39, 0.29) is 16.3 Å². The number of nitrogens with two attached hydrogens (primary N) is 1. The first-order chi connectivity index (χ1) is 9.52. The first kappa shape index (κ1) is 15.0. The molecular weight excluding hydrogens is 336 g/mol. The van der Waals surface area contributed by atoms with E-state index >= 15 is 0 Å². The highest BCUT2D eigenvalue weighted by atomic mass is 79.9. The van der Waals surface area contributed by atoms with Gasteiger partial charge in [0.25, 0.3) is 0 Å². The number of benzene rings is 1. The van der Waals surface area contributed by atoms with E-state index < -0.39 is 11.6 Å². The molecule has 0 saturated heterocycles. The lowest BCUT2D eigenvalue weighted by Gasteiger charge is -2.05. The molecule has 1 atom stereocenters. The van der Waals surface area contributed by atoms with Crippen molar-refractivity contribution in [2.75, 3.05) is 13.7 Å². The standard InChI is InChI=1S/C12H12BrF2N3O2/c1-19-5-6(16)4-9-17-12(18-20-9)7-2-3-8(14)11(15)10(7)13/h2-3,6H,4-5,16H2,1H3. The highest BCUT2D eigenvalue weighted by molar-refractivity contribution is 9.10. The maximum absolute atomic E-state index is 13.4. The van der Waals surface area contributed by atoms with Crippen molar-refractivity contribution < 1.29 is 18.0 Å². The molecule has 1 unspecified atom stereocenters. The van der Waals surface area contributed by atoms with Gasteiger partial charge >= 0.3 is 0 Å². The lowest BCUT2D eigenvalue weighted by Crippen LogP contribution is -2.28. The Labute approximate surface area is 122 Å². The molecule has 1 aromatic heterocycles. The van der Waals surface area contributed by atoms with Crippen molar-refractivity contribution in [1.82, 2.24) is 10.1 Å². The van der Waals surface area contributed by atoms with Gasteiger partial charge in [-0.05, 0) is 28.1 Å². The van der Waals surface area contributed by atoms with Gasteiger partial charge in [-0.3, -0.25) is 0 Å². The predicted octanol–water partition coefficient (Wildman–Crippen LogP) is 2.29. The van der Waals surface area contributed by atoms with Crippen LogP contribution in [0.3, 0.4) is 0 Å². The molecule has 0 aliphatic carbocycles. The molecule has 2 aromatic rings. The average molecular weight is 348 g/mol. The molecule has 0 fully saturated rings. The maximum Gasteiger partial charge on any atom is 0.228 e. The minimum atomic E-state index is -0.995. The number of rotatable bonds is 5. The van der Waals surface area contributed by atoms with Gasteiger partial charge in [0.2, 0.25) is 11.7 Å². The third-order valence-corrected chi connectivity index (χ3v) is 3.34. The molecule has 0 aliphatic heterocycles. The molecule has 0 amide bonds. The summed E-state index contributed by atoms with van der Waals surface area (Å²) in [7, 11) is 1.54. The van der Waals surface area contributed by atoms with Crippen LogP contribution in [0.25, 0.3) is 11.4 Å². The van der Waals surface area contributed by atoms with E-state index in [1.807, 2.05) is 0 Å². The quantitative estimate of drug-likeness (QED) is 0.840. The van der Waals surface area contributed by atoms with Crippen molar-refractivity contribution >= 4 is 15.9 Å². The van der Waals surface area contributed by atoms with E-state index in [9.17, 15) is 8.78 Å². The van der Waals surface area contributed by atoms with Crippen LogP contribution in [0.1, 0.15) is 5.89 Å². The van der Waals surface area contributed by atoms with E-state index in [1.165, 1.54) is 13.2 Å². The summed E-state index contributed by atoms with van der Waals surface area (Å²) in [5, 5.41) is 3.73. The molecule has 1 heterocycles. The number of ether oxygens (including phenoxy) is 1. The second-order valence-corrected chi connectivity index (χ2v) is 4.95. The summed E-state index contributed by atoms with van der Waals surface area (Å²) < 4.78 is 36.4. The third-order valence-electron chi connectivity index (χ3n) is 2.56. The van der Waals surface area contributed by atoms with Gasteiger partial charge < -0.3 is 15.0 Å². The zero-order valence-corrected chi connectivity index (χ0v) is 12.2. The number of halogens is 3. The zero-order valence-electron chi connectivity index (χ0n) is 10.6. The second-order valence-electron chi connectivity index (χ2n) is 4.15. The number of aromatic nitrogens is 2. The molecule has 0 spiro atoms. The Bertz CT molecular complexity index is 606. The van der Waals surface area contributed by atoms with Crippen LogP contribution in [-0.2, 0) is 11.2 Å². The van der Waals surface area contributed by atoms with Gasteiger partial charge in [0.15, 0.2) is 11.6 Å². The van der Waals surface area contributed by atoms with E-state index in [4.69, 9.17) is 15.0 Å². The second kappa shape index (κ2) is 6.38. The van der Waals surface area contributed by atoms with Crippen molar-refractivity contribution in [3.8, 4) is 11.4 Å². The molecule has 108 valence electrons. The summed E-state index contributed by atoms with van der Waals surface area (Å²) in [6, 6.07) is 2.09. The van der Waals surface area contributed by atoms with Gasteiger partial charge in [0.1, 0.15) is 0 Å². The Morgan fingerprint density at radius 2 is 2.20 bits per heavy atom. The Balaban J connectivity index is 2.23. The molecule has 5 nitrogen and oxygen atoms in total. The monoisotopic (exact) mass is 347 g/mol. The van der Waals surface area contributed by atoms with Crippen LogP contribution in [0.4, 0.5) is 8.78 Å². The predicted molar refractivity (Wildman–Crippen MR) is 70.9 cm³/mol. The maximum atomic E-state index is 13.4. The Morgan fingerprint density at radius 3 is 2.90 bits per heavy atom. The normalized spacial score (nSPS) is 12.7. The molecule has 0 radical (unpaired) electrons. The molecule has 0 saturated carbocycles. The molecular formula is C12H12BrF2N3O2. The Kier molecular flexibility index (Phi) is 4.79. The van der Waals surface area contributed by atoms with Gasteiger partial charge in [-0.2, -0.15) is 4.98 Å². The summed E-state index contributed by atoms with van der Waals surface area (Å²) >= 11 is 2.97. The molecule has 0 aliphatic rings. The van der Waals surface area contributed by atoms with Gasteiger partial charge in [-0.1, -0.05) is 5.16 Å². The molecule has 2 N–H and O–H groups in total. The highest BCUT2D eigenvalue weighted by Crippen LogP contribution is 2.29. The fraction of sp³-hybridized carbons (Fsp3) is 0.333. The molecule has 20 heavy (non-hydrogen) atoms. The summed E-state index contributed by atoms with van der Waals surface area (Å²) in [6.45, 7) is 0.354. The minimum absolute atomic E-state index is 0.0500. The Morgan fingerprint density at radius 1 is 1.45 bits per heavy atom. The van der Waals surface area contributed by atoms with Crippen molar-refractivity contribution in [1.29, 1.82) is 0 Å². The third kappa shape index (κ3) is 3.20. The zero-order chi connectivity index (χ0) is 14.7. The molecule has 0 bridgehead atoms. The first-order valence-electron chi connectivity index (χ1n) is 5.74. The van der Waals surface area contributed by atoms with Gasteiger partial charge in [0, 0.05) is 25.1 Å².